The van der Waals surface area contributed by atoms with Crippen LogP contribution in [0.25, 0.3) is 0 Å². The molecule has 0 spiro atoms. The first-order valence-electron chi connectivity index (χ1n) is 8.48. The molecule has 1 saturated heterocycles. The van der Waals surface area contributed by atoms with E-state index in [1.54, 1.807) is 12.1 Å². The summed E-state index contributed by atoms with van der Waals surface area (Å²) in [5.41, 5.74) is 0.415. The molecule has 1 aliphatic heterocycles. The van der Waals surface area contributed by atoms with Crippen molar-refractivity contribution in [3.63, 3.8) is 0 Å². The van der Waals surface area contributed by atoms with Crippen molar-refractivity contribution in [1.82, 2.24) is 9.21 Å². The summed E-state index contributed by atoms with van der Waals surface area (Å²) in [6, 6.07) is 7.29. The third-order valence-electron chi connectivity index (χ3n) is 4.26. The van der Waals surface area contributed by atoms with Crippen LogP contribution in [0, 0.1) is 5.82 Å². The molecule has 2 aromatic rings. The number of hydrogen-bond acceptors (Lipinski definition) is 5. The molecule has 0 radical (unpaired) electrons. The number of carbonyl (C=O) groups excluding carboxylic acids is 1. The van der Waals surface area contributed by atoms with E-state index in [2.05, 4.69) is 21.2 Å². The van der Waals surface area contributed by atoms with Gasteiger partial charge in [0.1, 0.15) is 10.0 Å². The van der Waals surface area contributed by atoms with Gasteiger partial charge in [0.15, 0.2) is 0 Å². The van der Waals surface area contributed by atoms with E-state index < -0.39 is 15.8 Å². The zero-order valence-electron chi connectivity index (χ0n) is 14.7. The second kappa shape index (κ2) is 9.19. The maximum Gasteiger partial charge on any atom is 0.252 e. The zero-order chi connectivity index (χ0) is 20.3. The van der Waals surface area contributed by atoms with Crippen LogP contribution in [0.15, 0.2) is 38.3 Å². The zero-order valence-corrected chi connectivity index (χ0v) is 18.7. The van der Waals surface area contributed by atoms with E-state index in [0.29, 0.717) is 42.5 Å². The van der Waals surface area contributed by atoms with Crippen molar-refractivity contribution in [2.24, 2.45) is 0 Å². The predicted molar refractivity (Wildman–Crippen MR) is 112 cm³/mol. The fraction of sp³-hybridized carbons (Fsp3) is 0.353. The number of benzene rings is 1. The fourth-order valence-corrected chi connectivity index (χ4v) is 6.70. The quantitative estimate of drug-likeness (QED) is 0.667. The van der Waals surface area contributed by atoms with Gasteiger partial charge in [-0.15, -0.1) is 11.3 Å². The summed E-state index contributed by atoms with van der Waals surface area (Å²) in [4.78, 5) is 14.2. The van der Waals surface area contributed by atoms with Gasteiger partial charge in [-0.25, -0.2) is 12.8 Å². The lowest BCUT2D eigenvalue weighted by Crippen LogP contribution is -2.37. The van der Waals surface area contributed by atoms with Crippen LogP contribution in [0.2, 0.25) is 5.02 Å². The van der Waals surface area contributed by atoms with Gasteiger partial charge >= 0.3 is 0 Å². The Labute approximate surface area is 180 Å². The van der Waals surface area contributed by atoms with E-state index >= 15 is 0 Å². The van der Waals surface area contributed by atoms with Crippen molar-refractivity contribution in [1.29, 1.82) is 0 Å². The number of nitrogens with zero attached hydrogens (tertiary/aromatic N) is 2. The normalized spacial score (nSPS) is 16.7. The van der Waals surface area contributed by atoms with Crippen LogP contribution in [-0.4, -0.2) is 56.3 Å². The van der Waals surface area contributed by atoms with Gasteiger partial charge in [0.25, 0.3) is 10.0 Å². The van der Waals surface area contributed by atoms with Crippen molar-refractivity contribution in [2.75, 3.05) is 38.0 Å². The van der Waals surface area contributed by atoms with Gasteiger partial charge in [-0.2, -0.15) is 4.31 Å². The summed E-state index contributed by atoms with van der Waals surface area (Å²) in [6.07, 6.45) is 0.626. The van der Waals surface area contributed by atoms with Crippen LogP contribution >= 0.6 is 38.9 Å². The molecule has 0 bridgehead atoms. The van der Waals surface area contributed by atoms with Crippen molar-refractivity contribution in [2.45, 2.75) is 10.6 Å². The molecule has 1 aromatic carbocycles. The van der Waals surface area contributed by atoms with Crippen LogP contribution in [0.5, 0.6) is 0 Å². The topological polar surface area (TPSA) is 69.7 Å². The monoisotopic (exact) mass is 509 g/mol. The van der Waals surface area contributed by atoms with Gasteiger partial charge in [0.05, 0.1) is 15.4 Å². The first-order chi connectivity index (χ1) is 13.3. The highest BCUT2D eigenvalue weighted by molar-refractivity contribution is 9.11. The van der Waals surface area contributed by atoms with E-state index in [4.69, 9.17) is 11.6 Å². The van der Waals surface area contributed by atoms with E-state index in [1.165, 1.54) is 33.8 Å². The highest BCUT2D eigenvalue weighted by Gasteiger charge is 2.28. The Hall–Kier alpha value is -1.04. The smallest absolute Gasteiger partial charge is 0.252 e. The number of anilines is 1. The van der Waals surface area contributed by atoms with Gasteiger partial charge in [-0.1, -0.05) is 11.6 Å². The number of nitrogens with one attached hydrogen (secondary N) is 1. The van der Waals surface area contributed by atoms with E-state index in [0.717, 1.165) is 3.79 Å². The van der Waals surface area contributed by atoms with Crippen LogP contribution in [-0.2, 0) is 14.8 Å². The van der Waals surface area contributed by atoms with E-state index in [-0.39, 0.29) is 17.5 Å². The Balaban J connectivity index is 1.57. The lowest BCUT2D eigenvalue weighted by atomic mass is 10.3. The summed E-state index contributed by atoms with van der Waals surface area (Å²) in [6.45, 7) is 1.89. The minimum Gasteiger partial charge on any atom is -0.325 e. The molecule has 0 atom stereocenters. The molecule has 11 heteroatoms. The Morgan fingerprint density at radius 2 is 2.00 bits per heavy atom. The molecule has 152 valence electrons. The Kier molecular flexibility index (Phi) is 7.11. The average Bonchev–Trinajstić information content (AvgIpc) is 2.94. The Morgan fingerprint density at radius 3 is 2.68 bits per heavy atom. The molecular formula is C17H18BrClFN3O3S2. The fourth-order valence-electron chi connectivity index (χ4n) is 2.89. The molecule has 1 aromatic heterocycles. The van der Waals surface area contributed by atoms with Crippen LogP contribution in [0.4, 0.5) is 10.1 Å². The van der Waals surface area contributed by atoms with Crippen molar-refractivity contribution < 1.29 is 17.6 Å². The molecule has 1 amide bonds. The van der Waals surface area contributed by atoms with Gasteiger partial charge in [-0.05, 0) is 59.2 Å². The average molecular weight is 511 g/mol. The lowest BCUT2D eigenvalue weighted by molar-refractivity contribution is -0.117. The maximum atomic E-state index is 13.2. The van der Waals surface area contributed by atoms with Gasteiger partial charge in [0.2, 0.25) is 5.91 Å². The minimum absolute atomic E-state index is 0.0614. The summed E-state index contributed by atoms with van der Waals surface area (Å²) in [5.74, 6) is -0.813. The van der Waals surface area contributed by atoms with Crippen molar-refractivity contribution >= 4 is 60.5 Å². The molecule has 6 nitrogen and oxygen atoms in total. The molecule has 0 saturated carbocycles. The summed E-state index contributed by atoms with van der Waals surface area (Å²) >= 11 is 10.2. The summed E-state index contributed by atoms with van der Waals surface area (Å²) in [7, 11) is -3.53. The highest BCUT2D eigenvalue weighted by atomic mass is 79.9. The molecule has 1 N–H and O–H groups in total. The van der Waals surface area contributed by atoms with Crippen molar-refractivity contribution in [3.05, 3.63) is 45.0 Å². The molecular weight excluding hydrogens is 493 g/mol. The van der Waals surface area contributed by atoms with Crippen LogP contribution in [0.3, 0.4) is 0 Å². The molecule has 1 fully saturated rings. The Bertz CT molecular complexity index is 970. The summed E-state index contributed by atoms with van der Waals surface area (Å²) in [5, 5.41) is 2.62. The SMILES string of the molecule is O=C(CN1CCCN(S(=O)(=O)c2ccc(Br)s2)CC1)Nc1ccc(F)c(Cl)c1. The van der Waals surface area contributed by atoms with Crippen LogP contribution < -0.4 is 5.32 Å². The number of sulfonamides is 1. The minimum atomic E-state index is -3.53. The number of thiophene rings is 1. The largest absolute Gasteiger partial charge is 0.325 e. The Morgan fingerprint density at radius 1 is 1.21 bits per heavy atom. The molecule has 28 heavy (non-hydrogen) atoms. The highest BCUT2D eigenvalue weighted by Crippen LogP contribution is 2.29. The number of rotatable bonds is 5. The second-order valence-electron chi connectivity index (χ2n) is 6.27. The van der Waals surface area contributed by atoms with Crippen LogP contribution in [0.1, 0.15) is 6.42 Å². The lowest BCUT2D eigenvalue weighted by Gasteiger charge is -2.21. The molecule has 0 unspecified atom stereocenters. The third-order valence-corrected chi connectivity index (χ3v) is 8.54. The van der Waals surface area contributed by atoms with Crippen molar-refractivity contribution in [3.8, 4) is 0 Å². The van der Waals surface area contributed by atoms with E-state index in [1.807, 2.05) is 4.90 Å². The van der Waals surface area contributed by atoms with Gasteiger partial charge < -0.3 is 5.32 Å². The van der Waals surface area contributed by atoms with Gasteiger partial charge in [0, 0.05) is 25.3 Å². The molecule has 2 heterocycles. The number of halogens is 3. The number of amides is 1. The molecule has 1 aliphatic rings. The van der Waals surface area contributed by atoms with Gasteiger partial charge in [-0.3, -0.25) is 9.69 Å². The first-order valence-corrected chi connectivity index (χ1v) is 11.9. The third kappa shape index (κ3) is 5.31. The second-order valence-corrected chi connectivity index (χ2v) is 11.3. The maximum absolute atomic E-state index is 13.2. The first kappa shape index (κ1) is 21.7. The molecule has 0 aliphatic carbocycles. The molecule has 3 rings (SSSR count). The predicted octanol–water partition coefficient (Wildman–Crippen LogP) is 3.64. The number of carbonyl (C=O) groups is 1. The number of hydrogen-bond donors (Lipinski definition) is 1. The summed E-state index contributed by atoms with van der Waals surface area (Å²) < 4.78 is 41.2. The standard InChI is InChI=1S/C17H18BrClFN3O3S2/c18-15-4-5-17(27-15)28(25,26)23-7-1-6-22(8-9-23)11-16(24)21-12-2-3-14(20)13(19)10-12/h2-5,10H,1,6-9,11H2,(H,21,24). The van der Waals surface area contributed by atoms with E-state index in [9.17, 15) is 17.6 Å².